The molecule has 0 fully saturated rings. The number of methoxy groups -OCH3 is 2. The van der Waals surface area contributed by atoms with Gasteiger partial charge < -0.3 is 14.4 Å². The predicted octanol–water partition coefficient (Wildman–Crippen LogP) is 2.11. The molecular formula is C11H18BrN3O2. The summed E-state index contributed by atoms with van der Waals surface area (Å²) >= 11 is 3.34. The molecule has 0 N–H and O–H groups in total. The quantitative estimate of drug-likeness (QED) is 0.805. The van der Waals surface area contributed by atoms with E-state index < -0.39 is 0 Å². The van der Waals surface area contributed by atoms with Crippen molar-refractivity contribution < 1.29 is 9.47 Å². The molecule has 1 aromatic rings. The van der Waals surface area contributed by atoms with Crippen LogP contribution in [0, 0.1) is 0 Å². The van der Waals surface area contributed by atoms with Gasteiger partial charge in [-0.2, -0.15) is 4.98 Å². The number of rotatable bonds is 6. The van der Waals surface area contributed by atoms with Gasteiger partial charge in [-0.3, -0.25) is 0 Å². The molecule has 0 bridgehead atoms. The summed E-state index contributed by atoms with van der Waals surface area (Å²) in [5.41, 5.74) is 0. The monoisotopic (exact) mass is 303 g/mol. The fraction of sp³-hybridized carbons (Fsp3) is 0.636. The molecule has 5 nitrogen and oxygen atoms in total. The summed E-state index contributed by atoms with van der Waals surface area (Å²) in [5.74, 6) is 1.19. The van der Waals surface area contributed by atoms with Crippen molar-refractivity contribution in [3.63, 3.8) is 0 Å². The van der Waals surface area contributed by atoms with Crippen molar-refractivity contribution >= 4 is 21.9 Å². The summed E-state index contributed by atoms with van der Waals surface area (Å²) in [6.45, 7) is 5.58. The van der Waals surface area contributed by atoms with E-state index in [1.165, 1.54) is 0 Å². The van der Waals surface area contributed by atoms with Gasteiger partial charge in [0.05, 0.1) is 30.4 Å². The van der Waals surface area contributed by atoms with Crippen LogP contribution in [0.3, 0.4) is 0 Å². The Labute approximate surface area is 110 Å². The summed E-state index contributed by atoms with van der Waals surface area (Å²) in [7, 11) is 3.28. The molecule has 0 aliphatic rings. The number of hydrogen-bond donors (Lipinski definition) is 0. The summed E-state index contributed by atoms with van der Waals surface area (Å²) in [6, 6.07) is 0.218. The lowest BCUT2D eigenvalue weighted by Crippen LogP contribution is -2.37. The first-order chi connectivity index (χ1) is 8.13. The van der Waals surface area contributed by atoms with Crippen LogP contribution < -0.4 is 9.64 Å². The van der Waals surface area contributed by atoms with Gasteiger partial charge in [0.25, 0.3) is 0 Å². The van der Waals surface area contributed by atoms with Crippen LogP contribution in [0.5, 0.6) is 5.88 Å². The molecule has 96 valence electrons. The summed E-state index contributed by atoms with van der Waals surface area (Å²) in [5, 5.41) is 0. The Balaban J connectivity index is 2.95. The Hall–Kier alpha value is -0.880. The Morgan fingerprint density at radius 2 is 2.18 bits per heavy atom. The summed E-state index contributed by atoms with van der Waals surface area (Å²) in [4.78, 5) is 10.7. The van der Waals surface area contributed by atoms with Crippen LogP contribution in [0.2, 0.25) is 0 Å². The second kappa shape index (κ2) is 6.76. The highest BCUT2D eigenvalue weighted by atomic mass is 79.9. The minimum Gasteiger partial charge on any atom is -0.480 e. The molecule has 1 unspecified atom stereocenters. The van der Waals surface area contributed by atoms with E-state index >= 15 is 0 Å². The summed E-state index contributed by atoms with van der Waals surface area (Å²) in [6.07, 6.45) is 1.70. The van der Waals surface area contributed by atoms with Crippen LogP contribution in [0.4, 0.5) is 5.95 Å². The van der Waals surface area contributed by atoms with Crippen molar-refractivity contribution in [2.24, 2.45) is 0 Å². The largest absolute Gasteiger partial charge is 0.480 e. The van der Waals surface area contributed by atoms with Gasteiger partial charge in [0, 0.05) is 13.7 Å². The molecule has 1 rings (SSSR count). The first-order valence-electron chi connectivity index (χ1n) is 5.46. The fourth-order valence-electron chi connectivity index (χ4n) is 1.61. The lowest BCUT2D eigenvalue weighted by molar-refractivity contribution is 0.181. The number of likely N-dealkylation sites (N-methyl/N-ethyl adjacent to an activating group) is 1. The standard InChI is InChI=1S/C11H18BrN3O2/c1-5-15(8(2)7-16-3)11-13-6-9(12)10(14-11)17-4/h6,8H,5,7H2,1-4H3. The summed E-state index contributed by atoms with van der Waals surface area (Å²) < 4.78 is 11.1. The van der Waals surface area contributed by atoms with Crippen LogP contribution >= 0.6 is 15.9 Å². The van der Waals surface area contributed by atoms with E-state index in [9.17, 15) is 0 Å². The number of halogens is 1. The van der Waals surface area contributed by atoms with Crippen molar-refractivity contribution in [2.75, 3.05) is 32.3 Å². The van der Waals surface area contributed by atoms with Gasteiger partial charge in [-0.1, -0.05) is 0 Å². The molecule has 0 amide bonds. The smallest absolute Gasteiger partial charge is 0.232 e. The van der Waals surface area contributed by atoms with Gasteiger partial charge in [-0.05, 0) is 29.8 Å². The molecule has 17 heavy (non-hydrogen) atoms. The molecular weight excluding hydrogens is 286 g/mol. The maximum absolute atomic E-state index is 5.16. The van der Waals surface area contributed by atoms with Crippen LogP contribution in [0.25, 0.3) is 0 Å². The minimum absolute atomic E-state index is 0.218. The molecule has 1 aromatic heterocycles. The highest BCUT2D eigenvalue weighted by Gasteiger charge is 2.16. The Morgan fingerprint density at radius 3 is 2.71 bits per heavy atom. The minimum atomic E-state index is 0.218. The van der Waals surface area contributed by atoms with Gasteiger partial charge in [0.15, 0.2) is 0 Å². The van der Waals surface area contributed by atoms with Crippen LogP contribution in [0.15, 0.2) is 10.7 Å². The Bertz CT molecular complexity index is 363. The fourth-order valence-corrected chi connectivity index (χ4v) is 1.96. The van der Waals surface area contributed by atoms with Crippen LogP contribution in [-0.4, -0.2) is 43.4 Å². The van der Waals surface area contributed by atoms with Gasteiger partial charge in [-0.15, -0.1) is 0 Å². The van der Waals surface area contributed by atoms with Crippen LogP contribution in [-0.2, 0) is 4.74 Å². The molecule has 0 saturated carbocycles. The Kier molecular flexibility index (Phi) is 5.64. The van der Waals surface area contributed by atoms with Crippen molar-refractivity contribution in [3.05, 3.63) is 10.7 Å². The van der Waals surface area contributed by atoms with E-state index in [4.69, 9.17) is 9.47 Å². The Morgan fingerprint density at radius 1 is 1.47 bits per heavy atom. The molecule has 0 saturated heterocycles. The van der Waals surface area contributed by atoms with E-state index in [1.54, 1.807) is 20.4 Å². The zero-order valence-corrected chi connectivity index (χ0v) is 12.2. The maximum atomic E-state index is 5.16. The van der Waals surface area contributed by atoms with E-state index in [0.717, 1.165) is 11.0 Å². The number of ether oxygens (including phenoxy) is 2. The average Bonchev–Trinajstić information content (AvgIpc) is 2.32. The molecule has 0 aromatic carbocycles. The third-order valence-electron chi connectivity index (χ3n) is 2.43. The zero-order chi connectivity index (χ0) is 12.8. The predicted molar refractivity (Wildman–Crippen MR) is 70.6 cm³/mol. The van der Waals surface area contributed by atoms with E-state index in [0.29, 0.717) is 18.4 Å². The molecule has 1 heterocycles. The first kappa shape index (κ1) is 14.2. The van der Waals surface area contributed by atoms with Crippen molar-refractivity contribution in [1.82, 2.24) is 9.97 Å². The van der Waals surface area contributed by atoms with Gasteiger partial charge in [0.2, 0.25) is 11.8 Å². The molecule has 0 radical (unpaired) electrons. The SMILES string of the molecule is CCN(c1ncc(Br)c(OC)n1)C(C)COC. The third-order valence-corrected chi connectivity index (χ3v) is 2.97. The molecule has 0 aliphatic heterocycles. The zero-order valence-electron chi connectivity index (χ0n) is 10.6. The number of anilines is 1. The molecule has 0 spiro atoms. The van der Waals surface area contributed by atoms with E-state index in [-0.39, 0.29) is 6.04 Å². The average molecular weight is 304 g/mol. The van der Waals surface area contributed by atoms with Crippen LogP contribution in [0.1, 0.15) is 13.8 Å². The first-order valence-corrected chi connectivity index (χ1v) is 6.25. The highest BCUT2D eigenvalue weighted by molar-refractivity contribution is 9.10. The molecule has 1 atom stereocenters. The van der Waals surface area contributed by atoms with E-state index in [1.807, 2.05) is 0 Å². The van der Waals surface area contributed by atoms with Crippen molar-refractivity contribution in [2.45, 2.75) is 19.9 Å². The van der Waals surface area contributed by atoms with Crippen molar-refractivity contribution in [1.29, 1.82) is 0 Å². The lowest BCUT2D eigenvalue weighted by Gasteiger charge is -2.27. The lowest BCUT2D eigenvalue weighted by atomic mass is 10.3. The second-order valence-corrected chi connectivity index (χ2v) is 4.47. The topological polar surface area (TPSA) is 47.5 Å². The highest BCUT2D eigenvalue weighted by Crippen LogP contribution is 2.24. The van der Waals surface area contributed by atoms with E-state index in [2.05, 4.69) is 44.6 Å². The van der Waals surface area contributed by atoms with Gasteiger partial charge >= 0.3 is 0 Å². The number of aromatic nitrogens is 2. The van der Waals surface area contributed by atoms with Gasteiger partial charge in [0.1, 0.15) is 0 Å². The maximum Gasteiger partial charge on any atom is 0.232 e. The molecule has 6 heteroatoms. The normalized spacial score (nSPS) is 12.3. The second-order valence-electron chi connectivity index (χ2n) is 3.62. The number of nitrogens with zero attached hydrogens (tertiary/aromatic N) is 3. The van der Waals surface area contributed by atoms with Crippen molar-refractivity contribution in [3.8, 4) is 5.88 Å². The molecule has 0 aliphatic carbocycles. The van der Waals surface area contributed by atoms with Gasteiger partial charge in [-0.25, -0.2) is 4.98 Å². The third kappa shape index (κ3) is 3.54. The number of hydrogen-bond acceptors (Lipinski definition) is 5.